The number of halogens is 1. The van der Waals surface area contributed by atoms with Gasteiger partial charge < -0.3 is 9.47 Å². The Kier molecular flexibility index (Phi) is 7.10. The lowest BCUT2D eigenvalue weighted by atomic mass is 10.1. The summed E-state index contributed by atoms with van der Waals surface area (Å²) in [4.78, 5) is 14.7. The maximum absolute atomic E-state index is 12.7. The molecular weight excluding hydrogens is 486 g/mol. The lowest BCUT2D eigenvalue weighted by Gasteiger charge is -2.32. The maximum Gasteiger partial charge on any atom is 0.198 e. The van der Waals surface area contributed by atoms with E-state index in [1.807, 2.05) is 113 Å². The van der Waals surface area contributed by atoms with Gasteiger partial charge in [0.2, 0.25) is 0 Å². The summed E-state index contributed by atoms with van der Waals surface area (Å²) in [5, 5.41) is 7.35. The number of carbonyl (C=O) groups excluding carboxylic acids is 1. The van der Waals surface area contributed by atoms with Gasteiger partial charge in [-0.05, 0) is 71.8 Å². The van der Waals surface area contributed by atoms with Gasteiger partial charge in [-0.3, -0.25) is 9.69 Å². The van der Waals surface area contributed by atoms with E-state index in [4.69, 9.17) is 26.2 Å². The van der Waals surface area contributed by atoms with Crippen LogP contribution in [-0.4, -0.2) is 18.7 Å². The molecular formula is C30H26ClN3O3. The van der Waals surface area contributed by atoms with Gasteiger partial charge in [-0.25, -0.2) is 5.01 Å². The standard InChI is InChI=1S/C30H26ClN3O3/c1-21(35)29-32-34(26-6-4-3-5-7-26)30(33(29)25-14-18-27(36-2)19-15-25)23-10-16-28(17-11-23)37-20-22-8-12-24(31)13-9-22/h3-19,30H,20H2,1-2H3/t30-/m1/s1. The van der Waals surface area contributed by atoms with Crippen LogP contribution in [0.1, 0.15) is 24.2 Å². The molecule has 0 saturated carbocycles. The predicted molar refractivity (Wildman–Crippen MR) is 147 cm³/mol. The van der Waals surface area contributed by atoms with E-state index in [2.05, 4.69) is 0 Å². The SMILES string of the molecule is COc1ccc(N2C(C(C)=O)=NN(c3ccccc3)[C@@H]2c2ccc(OCc3ccc(Cl)cc3)cc2)cc1. The average molecular weight is 512 g/mol. The fourth-order valence-electron chi connectivity index (χ4n) is 4.23. The summed E-state index contributed by atoms with van der Waals surface area (Å²) in [6.07, 6.45) is -0.375. The van der Waals surface area contributed by atoms with Gasteiger partial charge in [-0.15, -0.1) is 5.10 Å². The molecule has 0 fully saturated rings. The van der Waals surface area contributed by atoms with Gasteiger partial charge in [-0.2, -0.15) is 0 Å². The molecule has 0 radical (unpaired) electrons. The monoisotopic (exact) mass is 511 g/mol. The number of anilines is 2. The van der Waals surface area contributed by atoms with E-state index in [0.29, 0.717) is 17.5 Å². The third-order valence-electron chi connectivity index (χ3n) is 6.09. The van der Waals surface area contributed by atoms with Gasteiger partial charge in [0.25, 0.3) is 0 Å². The normalized spacial score (nSPS) is 14.9. The highest BCUT2D eigenvalue weighted by atomic mass is 35.5. The molecule has 4 aromatic carbocycles. The van der Waals surface area contributed by atoms with Crippen molar-refractivity contribution in [3.8, 4) is 11.5 Å². The number of hydrogen-bond donors (Lipinski definition) is 0. The average Bonchev–Trinajstić information content (AvgIpc) is 3.35. The number of carbonyl (C=O) groups is 1. The molecule has 0 saturated heterocycles. The summed E-state index contributed by atoms with van der Waals surface area (Å²) < 4.78 is 11.3. The van der Waals surface area contributed by atoms with E-state index in [1.54, 1.807) is 7.11 Å². The molecule has 0 bridgehead atoms. The number of amidine groups is 1. The number of rotatable bonds is 8. The van der Waals surface area contributed by atoms with E-state index >= 15 is 0 Å². The number of hydrogen-bond acceptors (Lipinski definition) is 6. The zero-order valence-corrected chi connectivity index (χ0v) is 21.3. The smallest absolute Gasteiger partial charge is 0.198 e. The van der Waals surface area contributed by atoms with E-state index < -0.39 is 0 Å². The fraction of sp³-hybridized carbons (Fsp3) is 0.133. The fourth-order valence-corrected chi connectivity index (χ4v) is 4.36. The van der Waals surface area contributed by atoms with Crippen molar-refractivity contribution in [2.75, 3.05) is 17.0 Å². The Balaban J connectivity index is 1.48. The summed E-state index contributed by atoms with van der Waals surface area (Å²) in [7, 11) is 1.63. The number of ether oxygens (including phenoxy) is 2. The Morgan fingerprint density at radius 3 is 2.11 bits per heavy atom. The van der Waals surface area contributed by atoms with Gasteiger partial charge >= 0.3 is 0 Å². The van der Waals surface area contributed by atoms with Crippen molar-refractivity contribution >= 4 is 34.6 Å². The van der Waals surface area contributed by atoms with Crippen molar-refractivity contribution in [3.63, 3.8) is 0 Å². The van der Waals surface area contributed by atoms with Crippen LogP contribution in [0.3, 0.4) is 0 Å². The molecule has 1 aliphatic rings. The Hall–Kier alpha value is -4.29. The Morgan fingerprint density at radius 2 is 1.49 bits per heavy atom. The number of hydrazone groups is 1. The topological polar surface area (TPSA) is 54.4 Å². The third kappa shape index (κ3) is 5.29. The van der Waals surface area contributed by atoms with Crippen LogP contribution in [0.25, 0.3) is 0 Å². The number of Topliss-reactive ketones (excluding diaryl/α,β-unsaturated/α-hetero) is 1. The van der Waals surface area contributed by atoms with Crippen molar-refractivity contribution in [3.05, 3.63) is 119 Å². The molecule has 37 heavy (non-hydrogen) atoms. The minimum Gasteiger partial charge on any atom is -0.497 e. The predicted octanol–water partition coefficient (Wildman–Crippen LogP) is 6.86. The first kappa shape index (κ1) is 24.4. The van der Waals surface area contributed by atoms with Crippen LogP contribution in [0.15, 0.2) is 108 Å². The van der Waals surface area contributed by atoms with Crippen molar-refractivity contribution in [1.29, 1.82) is 0 Å². The minimum absolute atomic E-state index is 0.123. The van der Waals surface area contributed by atoms with Crippen LogP contribution in [-0.2, 0) is 11.4 Å². The van der Waals surface area contributed by atoms with Gasteiger partial charge in [-0.1, -0.05) is 54.1 Å². The quantitative estimate of drug-likeness (QED) is 0.259. The summed E-state index contributed by atoms with van der Waals surface area (Å²) in [6.45, 7) is 1.97. The number of para-hydroxylation sites is 1. The second-order valence-electron chi connectivity index (χ2n) is 8.59. The molecule has 0 aliphatic carbocycles. The zero-order chi connectivity index (χ0) is 25.8. The first-order valence-corrected chi connectivity index (χ1v) is 12.3. The Morgan fingerprint density at radius 1 is 0.838 bits per heavy atom. The van der Waals surface area contributed by atoms with Crippen molar-refractivity contribution in [2.24, 2.45) is 5.10 Å². The summed E-state index contributed by atoms with van der Waals surface area (Å²) >= 11 is 5.98. The summed E-state index contributed by atoms with van der Waals surface area (Å²) in [5.74, 6) is 1.72. The molecule has 7 heteroatoms. The van der Waals surface area contributed by atoms with E-state index in [1.165, 1.54) is 6.92 Å². The lowest BCUT2D eigenvalue weighted by molar-refractivity contribution is -0.111. The first-order valence-electron chi connectivity index (χ1n) is 11.9. The molecule has 186 valence electrons. The Bertz CT molecular complexity index is 1390. The lowest BCUT2D eigenvalue weighted by Crippen LogP contribution is -2.37. The van der Waals surface area contributed by atoms with Crippen LogP contribution >= 0.6 is 11.6 Å². The van der Waals surface area contributed by atoms with Crippen molar-refractivity contribution in [1.82, 2.24) is 0 Å². The van der Waals surface area contributed by atoms with Gasteiger partial charge in [0.05, 0.1) is 12.8 Å². The third-order valence-corrected chi connectivity index (χ3v) is 6.34. The summed E-state index contributed by atoms with van der Waals surface area (Å²) in [5.41, 5.74) is 3.70. The molecule has 1 aliphatic heterocycles. The molecule has 1 heterocycles. The van der Waals surface area contributed by atoms with Gasteiger partial charge in [0, 0.05) is 17.6 Å². The van der Waals surface area contributed by atoms with Crippen molar-refractivity contribution in [2.45, 2.75) is 19.7 Å². The van der Waals surface area contributed by atoms with Gasteiger partial charge in [0.1, 0.15) is 18.1 Å². The minimum atomic E-state index is -0.375. The highest BCUT2D eigenvalue weighted by molar-refractivity contribution is 6.44. The number of benzene rings is 4. The van der Waals surface area contributed by atoms with Crippen LogP contribution in [0.4, 0.5) is 11.4 Å². The molecule has 1 atom stereocenters. The maximum atomic E-state index is 12.7. The molecule has 0 spiro atoms. The van der Waals surface area contributed by atoms with Crippen LogP contribution in [0, 0.1) is 0 Å². The Labute approximate surface area is 221 Å². The van der Waals surface area contributed by atoms with E-state index in [0.717, 1.165) is 34.0 Å². The van der Waals surface area contributed by atoms with Crippen LogP contribution in [0.2, 0.25) is 5.02 Å². The van der Waals surface area contributed by atoms with Crippen LogP contribution < -0.4 is 19.4 Å². The number of nitrogens with zero attached hydrogens (tertiary/aromatic N) is 3. The van der Waals surface area contributed by atoms with Crippen molar-refractivity contribution < 1.29 is 14.3 Å². The molecule has 4 aromatic rings. The van der Waals surface area contributed by atoms with E-state index in [9.17, 15) is 4.79 Å². The number of methoxy groups -OCH3 is 1. The second-order valence-corrected chi connectivity index (χ2v) is 9.02. The first-order chi connectivity index (χ1) is 18.0. The molecule has 0 amide bonds. The van der Waals surface area contributed by atoms with Crippen LogP contribution in [0.5, 0.6) is 11.5 Å². The highest BCUT2D eigenvalue weighted by Crippen LogP contribution is 2.39. The summed E-state index contributed by atoms with van der Waals surface area (Å²) in [6, 6.07) is 32.9. The molecule has 6 nitrogen and oxygen atoms in total. The zero-order valence-electron chi connectivity index (χ0n) is 20.5. The highest BCUT2D eigenvalue weighted by Gasteiger charge is 2.39. The van der Waals surface area contributed by atoms with Gasteiger partial charge in [0.15, 0.2) is 17.8 Å². The largest absolute Gasteiger partial charge is 0.497 e. The molecule has 5 rings (SSSR count). The molecule has 0 unspecified atom stereocenters. The number of ketones is 1. The second kappa shape index (κ2) is 10.8. The molecule has 0 aromatic heterocycles. The van der Waals surface area contributed by atoms with E-state index in [-0.39, 0.29) is 11.9 Å². The molecule has 0 N–H and O–H groups in total.